The van der Waals surface area contributed by atoms with Gasteiger partial charge in [0.25, 0.3) is 0 Å². The van der Waals surface area contributed by atoms with E-state index in [0.29, 0.717) is 16.5 Å². The zero-order chi connectivity index (χ0) is 23.5. The Morgan fingerprint density at radius 3 is 2.61 bits per heavy atom. The number of aryl methyl sites for hydroxylation is 1. The molecule has 0 radical (unpaired) electrons. The number of hydrogen-bond donors (Lipinski definition) is 1. The molecule has 2 aromatic carbocycles. The summed E-state index contributed by atoms with van der Waals surface area (Å²) in [6, 6.07) is 12.3. The molecular formula is C23H17Cl2N3O4S. The van der Waals surface area contributed by atoms with Gasteiger partial charge in [0.15, 0.2) is 0 Å². The third-order valence-corrected chi connectivity index (χ3v) is 7.42. The third kappa shape index (κ3) is 3.59. The number of nitrogens with two attached hydrogens (primary N) is 1. The fourth-order valence-corrected chi connectivity index (χ4v) is 5.55. The van der Waals surface area contributed by atoms with Crippen LogP contribution in [0.4, 0.5) is 0 Å². The number of aromatic nitrogens is 2. The van der Waals surface area contributed by atoms with Gasteiger partial charge in [0.05, 0.1) is 5.02 Å². The van der Waals surface area contributed by atoms with Gasteiger partial charge in [0, 0.05) is 39.4 Å². The highest BCUT2D eigenvalue weighted by molar-refractivity contribution is 7.89. The smallest absolute Gasteiger partial charge is 0.362 e. The van der Waals surface area contributed by atoms with E-state index in [2.05, 4.69) is 11.9 Å². The number of rotatable bonds is 4. The standard InChI is InChI=1S/C23H17Cl2N3O4S/c1-2-12-5-6-18-15(8-12)20-14-4-3-7-27-22(14)32-23(29)21(20)28(18)11-13-9-19(33(26,30)31)17(25)10-16(13)24/h3-10H,2,11H2,1H3,(H2,26,30,31). The Morgan fingerprint density at radius 1 is 1.09 bits per heavy atom. The van der Waals surface area contributed by atoms with Gasteiger partial charge in [0.1, 0.15) is 10.4 Å². The van der Waals surface area contributed by atoms with Crippen LogP contribution < -0.4 is 10.8 Å². The average Bonchev–Trinajstić information content (AvgIpc) is 3.09. The molecule has 10 heteroatoms. The van der Waals surface area contributed by atoms with Gasteiger partial charge >= 0.3 is 5.63 Å². The first-order valence-electron chi connectivity index (χ1n) is 10.0. The topological polar surface area (TPSA) is 108 Å². The Hall–Kier alpha value is -2.91. The molecular weight excluding hydrogens is 485 g/mol. The number of halogens is 2. The van der Waals surface area contributed by atoms with E-state index >= 15 is 0 Å². The predicted molar refractivity (Wildman–Crippen MR) is 130 cm³/mol. The molecule has 168 valence electrons. The minimum atomic E-state index is -4.07. The summed E-state index contributed by atoms with van der Waals surface area (Å²) in [4.78, 5) is 17.1. The second kappa shape index (κ2) is 7.85. The molecule has 5 aromatic rings. The Balaban J connectivity index is 1.88. The Kier molecular flexibility index (Phi) is 5.21. The molecule has 2 N–H and O–H groups in total. The largest absolute Gasteiger partial charge is 0.402 e. The maximum Gasteiger partial charge on any atom is 0.362 e. The molecule has 0 atom stereocenters. The van der Waals surface area contributed by atoms with Gasteiger partial charge in [0.2, 0.25) is 15.7 Å². The van der Waals surface area contributed by atoms with Crippen molar-refractivity contribution in [1.29, 1.82) is 0 Å². The van der Waals surface area contributed by atoms with E-state index in [0.717, 1.165) is 28.3 Å². The monoisotopic (exact) mass is 501 g/mol. The summed E-state index contributed by atoms with van der Waals surface area (Å²) in [5.74, 6) is 0. The summed E-state index contributed by atoms with van der Waals surface area (Å²) in [6.07, 6.45) is 2.39. The molecule has 0 bridgehead atoms. The number of fused-ring (bicyclic) bond motifs is 5. The lowest BCUT2D eigenvalue weighted by Crippen LogP contribution is -2.14. The van der Waals surface area contributed by atoms with E-state index in [-0.39, 0.29) is 27.2 Å². The first-order chi connectivity index (χ1) is 15.7. The molecule has 33 heavy (non-hydrogen) atoms. The predicted octanol–water partition coefficient (Wildman–Crippen LogP) is 4.86. The molecule has 3 heterocycles. The van der Waals surface area contributed by atoms with Crippen molar-refractivity contribution >= 4 is 66.1 Å². The molecule has 0 aliphatic heterocycles. The lowest BCUT2D eigenvalue weighted by atomic mass is 10.1. The van der Waals surface area contributed by atoms with E-state index in [1.165, 1.54) is 12.1 Å². The summed E-state index contributed by atoms with van der Waals surface area (Å²) in [6.45, 7) is 2.15. The number of sulfonamides is 1. The fourth-order valence-electron chi connectivity index (χ4n) is 4.15. The quantitative estimate of drug-likeness (QED) is 0.378. The van der Waals surface area contributed by atoms with E-state index in [4.69, 9.17) is 32.8 Å². The molecule has 0 aliphatic carbocycles. The van der Waals surface area contributed by atoms with Crippen molar-refractivity contribution < 1.29 is 12.8 Å². The maximum absolute atomic E-state index is 13.1. The molecule has 0 amide bonds. The third-order valence-electron chi connectivity index (χ3n) is 5.70. The van der Waals surface area contributed by atoms with Crippen molar-refractivity contribution in [2.24, 2.45) is 5.14 Å². The van der Waals surface area contributed by atoms with E-state index < -0.39 is 15.6 Å². The Morgan fingerprint density at radius 2 is 1.88 bits per heavy atom. The van der Waals surface area contributed by atoms with Crippen LogP contribution in [0.25, 0.3) is 32.9 Å². The highest BCUT2D eigenvalue weighted by Crippen LogP contribution is 2.35. The summed E-state index contributed by atoms with van der Waals surface area (Å²) in [7, 11) is -4.07. The number of nitrogens with zero attached hydrogens (tertiary/aromatic N) is 2. The van der Waals surface area contributed by atoms with Crippen molar-refractivity contribution in [3.63, 3.8) is 0 Å². The number of hydrogen-bond acceptors (Lipinski definition) is 5. The van der Waals surface area contributed by atoms with Gasteiger partial charge in [-0.1, -0.05) is 36.2 Å². The molecule has 0 aliphatic rings. The lowest BCUT2D eigenvalue weighted by Gasteiger charge is -2.12. The minimum Gasteiger partial charge on any atom is -0.402 e. The summed E-state index contributed by atoms with van der Waals surface area (Å²) >= 11 is 12.5. The zero-order valence-corrected chi connectivity index (χ0v) is 19.6. The van der Waals surface area contributed by atoms with Crippen molar-refractivity contribution in [3.8, 4) is 0 Å². The molecule has 7 nitrogen and oxygen atoms in total. The summed E-state index contributed by atoms with van der Waals surface area (Å²) < 4.78 is 31.3. The molecule has 0 spiro atoms. The van der Waals surface area contributed by atoms with Crippen molar-refractivity contribution in [3.05, 3.63) is 80.3 Å². The first kappa shape index (κ1) is 21.9. The minimum absolute atomic E-state index is 0.0716. The van der Waals surface area contributed by atoms with Crippen LogP contribution in [0.15, 0.2) is 62.8 Å². The number of benzene rings is 2. The zero-order valence-electron chi connectivity index (χ0n) is 17.3. The van der Waals surface area contributed by atoms with Gasteiger partial charge < -0.3 is 8.98 Å². The Labute approximate surface area is 198 Å². The molecule has 0 saturated carbocycles. The van der Waals surface area contributed by atoms with Gasteiger partial charge in [-0.15, -0.1) is 0 Å². The molecule has 3 aromatic heterocycles. The van der Waals surface area contributed by atoms with Crippen LogP contribution in [-0.4, -0.2) is 18.0 Å². The SMILES string of the molecule is CCc1ccc2c(c1)c1c3cccnc3oc(=O)c1n2Cc1cc(S(N)(=O)=O)c(Cl)cc1Cl. The first-order valence-corrected chi connectivity index (χ1v) is 12.3. The van der Waals surface area contributed by atoms with E-state index in [9.17, 15) is 13.2 Å². The molecule has 0 unspecified atom stereocenters. The van der Waals surface area contributed by atoms with Crippen LogP contribution in [-0.2, 0) is 23.0 Å². The molecule has 0 saturated heterocycles. The summed E-state index contributed by atoms with van der Waals surface area (Å²) in [5.41, 5.74) is 2.34. The van der Waals surface area contributed by atoms with Crippen molar-refractivity contribution in [2.75, 3.05) is 0 Å². The van der Waals surface area contributed by atoms with Crippen LogP contribution in [0, 0.1) is 0 Å². The van der Waals surface area contributed by atoms with Gasteiger partial charge in [-0.25, -0.2) is 23.3 Å². The van der Waals surface area contributed by atoms with Crippen LogP contribution in [0.5, 0.6) is 0 Å². The average molecular weight is 502 g/mol. The number of primary sulfonamides is 1. The van der Waals surface area contributed by atoms with Gasteiger partial charge in [-0.3, -0.25) is 0 Å². The van der Waals surface area contributed by atoms with Crippen molar-refractivity contribution in [1.82, 2.24) is 9.55 Å². The normalized spacial score (nSPS) is 12.2. The second-order valence-corrected chi connectivity index (χ2v) is 10.0. The van der Waals surface area contributed by atoms with Crippen LogP contribution in [0.2, 0.25) is 10.0 Å². The van der Waals surface area contributed by atoms with Crippen molar-refractivity contribution in [2.45, 2.75) is 24.8 Å². The van der Waals surface area contributed by atoms with Gasteiger partial charge in [-0.05, 0) is 53.9 Å². The maximum atomic E-state index is 13.1. The highest BCUT2D eigenvalue weighted by Gasteiger charge is 2.22. The van der Waals surface area contributed by atoms with E-state index in [1.54, 1.807) is 16.8 Å². The van der Waals surface area contributed by atoms with Crippen LogP contribution >= 0.6 is 23.2 Å². The van der Waals surface area contributed by atoms with Crippen LogP contribution in [0.3, 0.4) is 0 Å². The summed E-state index contributed by atoms with van der Waals surface area (Å²) in [5, 5.41) is 7.78. The Bertz CT molecular complexity index is 1760. The number of pyridine rings is 1. The fraction of sp³-hybridized carbons (Fsp3) is 0.130. The lowest BCUT2D eigenvalue weighted by molar-refractivity contribution is 0.553. The van der Waals surface area contributed by atoms with Crippen LogP contribution in [0.1, 0.15) is 18.1 Å². The molecule has 0 fully saturated rings. The second-order valence-electron chi connectivity index (χ2n) is 7.68. The molecule has 5 rings (SSSR count). The van der Waals surface area contributed by atoms with E-state index in [1.807, 2.05) is 24.3 Å². The highest BCUT2D eigenvalue weighted by atomic mass is 35.5. The van der Waals surface area contributed by atoms with Gasteiger partial charge in [-0.2, -0.15) is 0 Å².